The number of nitrogens with two attached hydrogens (primary N) is 1. The Balaban J connectivity index is 0.00000242. The van der Waals surface area contributed by atoms with Gasteiger partial charge < -0.3 is 10.6 Å². The van der Waals surface area contributed by atoms with Crippen LogP contribution in [-0.4, -0.2) is 30.9 Å². The Morgan fingerprint density at radius 2 is 1.77 bits per heavy atom. The molecule has 2 rings (SSSR count). The number of hydrogen-bond donors (Lipinski definition) is 1. The zero-order valence-electron chi connectivity index (χ0n) is 14.0. The van der Waals surface area contributed by atoms with Gasteiger partial charge in [-0.25, -0.2) is 0 Å². The van der Waals surface area contributed by atoms with Crippen molar-refractivity contribution in [3.8, 4) is 0 Å². The number of carbonyl (C=O) groups excluding carboxylic acids is 1. The van der Waals surface area contributed by atoms with Crippen molar-refractivity contribution >= 4 is 18.3 Å². The third-order valence-corrected chi connectivity index (χ3v) is 4.76. The van der Waals surface area contributed by atoms with Gasteiger partial charge in [0.05, 0.1) is 5.41 Å². The minimum atomic E-state index is -0.319. The van der Waals surface area contributed by atoms with Gasteiger partial charge in [0.1, 0.15) is 0 Å². The van der Waals surface area contributed by atoms with Gasteiger partial charge in [-0.3, -0.25) is 4.79 Å². The standard InChI is InChI=1S/C18H28N2O.ClH/c1-17(2,13-19)14-20(3)16(21)18(11-7-8-12-18)15-9-5-4-6-10-15;/h4-6,9-10H,7-8,11-14,19H2,1-3H3;1H. The molecule has 0 aliphatic heterocycles. The maximum atomic E-state index is 13.1. The molecular weight excluding hydrogens is 296 g/mol. The van der Waals surface area contributed by atoms with Crippen molar-refractivity contribution in [3.63, 3.8) is 0 Å². The Labute approximate surface area is 140 Å². The van der Waals surface area contributed by atoms with E-state index in [1.807, 2.05) is 30.1 Å². The summed E-state index contributed by atoms with van der Waals surface area (Å²) < 4.78 is 0. The van der Waals surface area contributed by atoms with E-state index < -0.39 is 0 Å². The lowest BCUT2D eigenvalue weighted by molar-refractivity contribution is -0.137. The second kappa shape index (κ2) is 7.47. The van der Waals surface area contributed by atoms with E-state index in [0.29, 0.717) is 13.1 Å². The molecule has 22 heavy (non-hydrogen) atoms. The molecule has 0 bridgehead atoms. The Morgan fingerprint density at radius 3 is 2.27 bits per heavy atom. The summed E-state index contributed by atoms with van der Waals surface area (Å²) in [6.45, 7) is 5.51. The summed E-state index contributed by atoms with van der Waals surface area (Å²) in [6.07, 6.45) is 4.19. The fraction of sp³-hybridized carbons (Fsp3) is 0.611. The van der Waals surface area contributed by atoms with Crippen molar-refractivity contribution in [1.29, 1.82) is 0 Å². The molecule has 3 nitrogen and oxygen atoms in total. The van der Waals surface area contributed by atoms with E-state index in [-0.39, 0.29) is 29.1 Å². The van der Waals surface area contributed by atoms with Gasteiger partial charge in [-0.1, -0.05) is 57.0 Å². The SMILES string of the molecule is CN(CC(C)(C)CN)C(=O)C1(c2ccccc2)CCCC1.Cl. The highest BCUT2D eigenvalue weighted by atomic mass is 35.5. The quantitative estimate of drug-likeness (QED) is 0.902. The van der Waals surface area contributed by atoms with Crippen LogP contribution in [-0.2, 0) is 10.2 Å². The first kappa shape index (κ1) is 19.0. The molecule has 1 fully saturated rings. The van der Waals surface area contributed by atoms with Gasteiger partial charge in [0.2, 0.25) is 5.91 Å². The summed E-state index contributed by atoms with van der Waals surface area (Å²) in [5.41, 5.74) is 6.63. The molecule has 0 spiro atoms. The summed E-state index contributed by atoms with van der Waals surface area (Å²) in [7, 11) is 1.92. The van der Waals surface area contributed by atoms with Crippen LogP contribution in [0.25, 0.3) is 0 Å². The molecule has 4 heteroatoms. The third kappa shape index (κ3) is 3.82. The van der Waals surface area contributed by atoms with E-state index in [9.17, 15) is 4.79 Å². The average Bonchev–Trinajstić information content (AvgIpc) is 2.97. The van der Waals surface area contributed by atoms with Gasteiger partial charge >= 0.3 is 0 Å². The van der Waals surface area contributed by atoms with Crippen molar-refractivity contribution in [3.05, 3.63) is 35.9 Å². The molecule has 1 amide bonds. The number of nitrogens with zero attached hydrogens (tertiary/aromatic N) is 1. The molecule has 0 atom stereocenters. The lowest BCUT2D eigenvalue weighted by Crippen LogP contribution is -2.48. The molecular formula is C18H29ClN2O. The van der Waals surface area contributed by atoms with Crippen molar-refractivity contribution in [2.24, 2.45) is 11.1 Å². The molecule has 0 unspecified atom stereocenters. The van der Waals surface area contributed by atoms with Crippen LogP contribution < -0.4 is 5.73 Å². The molecule has 1 aromatic rings. The molecule has 1 aliphatic carbocycles. The normalized spacial score (nSPS) is 16.9. The van der Waals surface area contributed by atoms with Crippen LogP contribution in [0.3, 0.4) is 0 Å². The number of amides is 1. The van der Waals surface area contributed by atoms with Gasteiger partial charge in [0.15, 0.2) is 0 Å². The Bertz CT molecular complexity index is 481. The van der Waals surface area contributed by atoms with E-state index in [1.54, 1.807) is 0 Å². The second-order valence-electron chi connectivity index (χ2n) is 7.18. The molecule has 0 saturated heterocycles. The highest BCUT2D eigenvalue weighted by molar-refractivity contribution is 5.88. The van der Waals surface area contributed by atoms with Crippen LogP contribution in [0.1, 0.15) is 45.1 Å². The monoisotopic (exact) mass is 324 g/mol. The molecule has 1 aliphatic rings. The summed E-state index contributed by atoms with van der Waals surface area (Å²) >= 11 is 0. The molecule has 0 heterocycles. The molecule has 0 radical (unpaired) electrons. The number of hydrogen-bond acceptors (Lipinski definition) is 2. The minimum absolute atomic E-state index is 0. The second-order valence-corrected chi connectivity index (χ2v) is 7.18. The molecule has 1 saturated carbocycles. The zero-order valence-corrected chi connectivity index (χ0v) is 14.8. The molecule has 0 aromatic heterocycles. The molecule has 2 N–H and O–H groups in total. The van der Waals surface area contributed by atoms with Crippen molar-refractivity contribution in [2.75, 3.05) is 20.1 Å². The summed E-state index contributed by atoms with van der Waals surface area (Å²) in [6, 6.07) is 10.3. The predicted octanol–water partition coefficient (Wildman–Crippen LogP) is 3.36. The van der Waals surface area contributed by atoms with Crippen molar-refractivity contribution in [2.45, 2.75) is 44.9 Å². The number of benzene rings is 1. The smallest absolute Gasteiger partial charge is 0.232 e. The fourth-order valence-electron chi connectivity index (χ4n) is 3.51. The summed E-state index contributed by atoms with van der Waals surface area (Å²) in [5.74, 6) is 0.257. The van der Waals surface area contributed by atoms with E-state index in [2.05, 4.69) is 26.0 Å². The first-order chi connectivity index (χ1) is 9.91. The Hall–Kier alpha value is -1.06. The van der Waals surface area contributed by atoms with Gasteiger partial charge in [-0.2, -0.15) is 0 Å². The van der Waals surface area contributed by atoms with Gasteiger partial charge in [0, 0.05) is 13.6 Å². The van der Waals surface area contributed by atoms with Gasteiger partial charge in [0.25, 0.3) is 0 Å². The van der Waals surface area contributed by atoms with E-state index in [0.717, 1.165) is 25.7 Å². The van der Waals surface area contributed by atoms with E-state index in [4.69, 9.17) is 5.73 Å². The van der Waals surface area contributed by atoms with E-state index >= 15 is 0 Å². The fourth-order valence-corrected chi connectivity index (χ4v) is 3.51. The van der Waals surface area contributed by atoms with Crippen molar-refractivity contribution < 1.29 is 4.79 Å². The lowest BCUT2D eigenvalue weighted by Gasteiger charge is -2.36. The van der Waals surface area contributed by atoms with Crippen LogP contribution in [0.4, 0.5) is 0 Å². The highest BCUT2D eigenvalue weighted by Gasteiger charge is 2.44. The number of carbonyl (C=O) groups is 1. The van der Waals surface area contributed by atoms with Gasteiger partial charge in [-0.15, -0.1) is 12.4 Å². The largest absolute Gasteiger partial charge is 0.344 e. The topological polar surface area (TPSA) is 46.3 Å². The minimum Gasteiger partial charge on any atom is -0.344 e. The van der Waals surface area contributed by atoms with Crippen LogP contribution in [0.2, 0.25) is 0 Å². The Kier molecular flexibility index (Phi) is 6.45. The molecule has 1 aromatic carbocycles. The maximum Gasteiger partial charge on any atom is 0.232 e. The van der Waals surface area contributed by atoms with Crippen LogP contribution in [0, 0.1) is 5.41 Å². The summed E-state index contributed by atoms with van der Waals surface area (Å²) in [5, 5.41) is 0. The van der Waals surface area contributed by atoms with Gasteiger partial charge in [-0.05, 0) is 30.4 Å². The zero-order chi connectivity index (χ0) is 15.5. The highest BCUT2D eigenvalue weighted by Crippen LogP contribution is 2.42. The first-order valence-electron chi connectivity index (χ1n) is 7.92. The Morgan fingerprint density at radius 1 is 1.23 bits per heavy atom. The van der Waals surface area contributed by atoms with Crippen LogP contribution in [0.5, 0.6) is 0 Å². The molecule has 124 valence electrons. The number of rotatable bonds is 5. The summed E-state index contributed by atoms with van der Waals surface area (Å²) in [4.78, 5) is 15.0. The van der Waals surface area contributed by atoms with Crippen LogP contribution in [0.15, 0.2) is 30.3 Å². The maximum absolute atomic E-state index is 13.1. The first-order valence-corrected chi connectivity index (χ1v) is 7.92. The van der Waals surface area contributed by atoms with Crippen LogP contribution >= 0.6 is 12.4 Å². The number of halogens is 1. The number of likely N-dealkylation sites (N-methyl/N-ethyl adjacent to an activating group) is 1. The predicted molar refractivity (Wildman–Crippen MR) is 94.3 cm³/mol. The average molecular weight is 325 g/mol. The lowest BCUT2D eigenvalue weighted by atomic mass is 9.77. The van der Waals surface area contributed by atoms with Crippen molar-refractivity contribution in [1.82, 2.24) is 4.90 Å². The third-order valence-electron chi connectivity index (χ3n) is 4.76. The van der Waals surface area contributed by atoms with E-state index in [1.165, 1.54) is 5.56 Å².